The molecule has 0 radical (unpaired) electrons. The van der Waals surface area contributed by atoms with Crippen molar-refractivity contribution in [3.05, 3.63) is 99.6 Å². The minimum atomic E-state index is -0.242. The van der Waals surface area contributed by atoms with Crippen molar-refractivity contribution >= 4 is 34.8 Å². The Hall–Kier alpha value is -3.32. The molecular weight excluding hydrogens is 462 g/mol. The first kappa shape index (κ1) is 23.4. The number of anilines is 1. The van der Waals surface area contributed by atoms with Gasteiger partial charge in [0.15, 0.2) is 11.6 Å². The second-order valence-electron chi connectivity index (χ2n) is 9.02. The van der Waals surface area contributed by atoms with E-state index in [1.54, 1.807) is 24.3 Å². The van der Waals surface area contributed by atoms with E-state index in [9.17, 15) is 14.4 Å². The number of carbonyl (C=O) groups excluding carboxylic acids is 3. The summed E-state index contributed by atoms with van der Waals surface area (Å²) in [5, 5.41) is 3.09. The molecule has 1 aliphatic heterocycles. The zero-order chi connectivity index (χ0) is 24.4. The van der Waals surface area contributed by atoms with Crippen molar-refractivity contribution in [3.63, 3.8) is 0 Å². The van der Waals surface area contributed by atoms with Crippen molar-refractivity contribution in [1.29, 1.82) is 0 Å². The number of nitrogens with one attached hydrogen (secondary N) is 1. The summed E-state index contributed by atoms with van der Waals surface area (Å²) in [6.07, 6.45) is 0.982. The number of amides is 1. The predicted octanol–water partition coefficient (Wildman–Crippen LogP) is 4.26. The lowest BCUT2D eigenvalue weighted by molar-refractivity contribution is -0.117. The van der Waals surface area contributed by atoms with Crippen LogP contribution in [0.4, 0.5) is 5.69 Å². The minimum absolute atomic E-state index is 0.196. The van der Waals surface area contributed by atoms with Gasteiger partial charge in [0.2, 0.25) is 5.91 Å². The van der Waals surface area contributed by atoms with E-state index in [1.165, 1.54) is 17.7 Å². The summed E-state index contributed by atoms with van der Waals surface area (Å²) in [5.74, 6) is -0.675. The van der Waals surface area contributed by atoms with Gasteiger partial charge in [-0.1, -0.05) is 66.2 Å². The zero-order valence-electron chi connectivity index (χ0n) is 19.3. The summed E-state index contributed by atoms with van der Waals surface area (Å²) in [6.45, 7) is 4.64. The van der Waals surface area contributed by atoms with Crippen molar-refractivity contribution in [2.75, 3.05) is 38.0 Å². The fourth-order valence-corrected chi connectivity index (χ4v) is 5.00. The lowest BCUT2D eigenvalue weighted by atomic mass is 9.84. The molecule has 3 aromatic carbocycles. The summed E-state index contributed by atoms with van der Waals surface area (Å²) in [5.41, 5.74) is 2.91. The van der Waals surface area contributed by atoms with Gasteiger partial charge in [-0.3, -0.25) is 24.2 Å². The molecule has 0 saturated carbocycles. The second-order valence-corrected chi connectivity index (χ2v) is 9.43. The quantitative estimate of drug-likeness (QED) is 0.455. The zero-order valence-corrected chi connectivity index (χ0v) is 20.1. The molecular formula is C28H26ClN3O3. The van der Waals surface area contributed by atoms with Crippen molar-refractivity contribution in [1.82, 2.24) is 9.80 Å². The average Bonchev–Trinajstić information content (AvgIpc) is 3.09. The van der Waals surface area contributed by atoms with Crippen LogP contribution in [0.1, 0.15) is 43.8 Å². The standard InChI is InChI=1S/C28H26ClN3O3/c29-24-15-22-23(28(35)21-10-5-4-9-20(21)27(22)34)16-25(24)30-26(33)18-32-12-6-11-31(13-14-32)17-19-7-2-1-3-8-19/h1-5,7-10,15-16H,6,11-14,17-18H2,(H,30,33). The van der Waals surface area contributed by atoms with Crippen molar-refractivity contribution in [2.45, 2.75) is 13.0 Å². The Morgan fingerprint density at radius 1 is 0.771 bits per heavy atom. The molecule has 1 heterocycles. The molecule has 1 N–H and O–H groups in total. The summed E-state index contributed by atoms with van der Waals surface area (Å²) >= 11 is 6.41. The highest BCUT2D eigenvalue weighted by molar-refractivity contribution is 6.36. The second kappa shape index (κ2) is 10.1. The highest BCUT2D eigenvalue weighted by Crippen LogP contribution is 2.33. The largest absolute Gasteiger partial charge is 0.324 e. The third-order valence-electron chi connectivity index (χ3n) is 6.58. The van der Waals surface area contributed by atoms with E-state index < -0.39 is 0 Å². The van der Waals surface area contributed by atoms with Crippen LogP contribution in [0.2, 0.25) is 5.02 Å². The first-order chi connectivity index (χ1) is 17.0. The van der Waals surface area contributed by atoms with Gasteiger partial charge in [-0.05, 0) is 37.2 Å². The smallest absolute Gasteiger partial charge is 0.238 e. The van der Waals surface area contributed by atoms with E-state index >= 15 is 0 Å². The first-order valence-corrected chi connectivity index (χ1v) is 12.2. The maximum absolute atomic E-state index is 13.0. The van der Waals surface area contributed by atoms with Crippen LogP contribution in [-0.4, -0.2) is 60.0 Å². The number of ketones is 2. The lowest BCUT2D eigenvalue weighted by Gasteiger charge is -2.22. The molecule has 0 atom stereocenters. The number of halogens is 1. The van der Waals surface area contributed by atoms with Gasteiger partial charge in [0, 0.05) is 41.9 Å². The molecule has 7 heteroatoms. The van der Waals surface area contributed by atoms with Crippen LogP contribution in [-0.2, 0) is 11.3 Å². The van der Waals surface area contributed by atoms with Crippen molar-refractivity contribution in [3.8, 4) is 0 Å². The fraction of sp³-hybridized carbons (Fsp3) is 0.250. The predicted molar refractivity (Wildman–Crippen MR) is 136 cm³/mol. The van der Waals surface area contributed by atoms with E-state index in [0.29, 0.717) is 16.8 Å². The molecule has 2 aliphatic rings. The maximum Gasteiger partial charge on any atom is 0.238 e. The molecule has 6 nitrogen and oxygen atoms in total. The van der Waals surface area contributed by atoms with Gasteiger partial charge in [0.25, 0.3) is 0 Å². The SMILES string of the molecule is O=C(CN1CCCN(Cc2ccccc2)CC1)Nc1cc2c(cc1Cl)C(=O)c1ccccc1C2=O. The Bertz CT molecular complexity index is 1290. The number of rotatable bonds is 5. The van der Waals surface area contributed by atoms with Gasteiger partial charge < -0.3 is 5.32 Å². The van der Waals surface area contributed by atoms with E-state index in [-0.39, 0.29) is 40.2 Å². The Labute approximate surface area is 209 Å². The Balaban J connectivity index is 1.23. The summed E-state index contributed by atoms with van der Waals surface area (Å²) in [6, 6.07) is 20.2. The fourth-order valence-electron chi connectivity index (χ4n) is 4.79. The summed E-state index contributed by atoms with van der Waals surface area (Å²) in [7, 11) is 0. The number of hydrogen-bond acceptors (Lipinski definition) is 5. The van der Waals surface area contributed by atoms with Crippen LogP contribution < -0.4 is 5.32 Å². The van der Waals surface area contributed by atoms with Crippen LogP contribution in [0.5, 0.6) is 0 Å². The molecule has 1 fully saturated rings. The van der Waals surface area contributed by atoms with Gasteiger partial charge in [-0.2, -0.15) is 0 Å². The summed E-state index contributed by atoms with van der Waals surface area (Å²) in [4.78, 5) is 43.3. The molecule has 178 valence electrons. The first-order valence-electron chi connectivity index (χ1n) is 11.8. The molecule has 3 aromatic rings. The molecule has 1 saturated heterocycles. The molecule has 0 unspecified atom stereocenters. The minimum Gasteiger partial charge on any atom is -0.324 e. The number of benzene rings is 3. The highest BCUT2D eigenvalue weighted by atomic mass is 35.5. The van der Waals surface area contributed by atoms with Crippen molar-refractivity contribution < 1.29 is 14.4 Å². The van der Waals surface area contributed by atoms with E-state index in [2.05, 4.69) is 39.4 Å². The molecule has 5 rings (SSSR count). The number of hydrogen-bond donors (Lipinski definition) is 1. The Kier molecular flexibility index (Phi) is 6.77. The molecule has 0 spiro atoms. The van der Waals surface area contributed by atoms with E-state index in [1.807, 2.05) is 6.07 Å². The van der Waals surface area contributed by atoms with Crippen molar-refractivity contribution in [2.24, 2.45) is 0 Å². The molecule has 35 heavy (non-hydrogen) atoms. The van der Waals surface area contributed by atoms with Gasteiger partial charge in [-0.25, -0.2) is 0 Å². The topological polar surface area (TPSA) is 69.7 Å². The van der Waals surface area contributed by atoms with Crippen LogP contribution >= 0.6 is 11.6 Å². The van der Waals surface area contributed by atoms with Gasteiger partial charge >= 0.3 is 0 Å². The van der Waals surface area contributed by atoms with Crippen LogP contribution in [0.15, 0.2) is 66.7 Å². The third kappa shape index (κ3) is 5.05. The third-order valence-corrected chi connectivity index (χ3v) is 6.90. The number of nitrogens with zero attached hydrogens (tertiary/aromatic N) is 2. The van der Waals surface area contributed by atoms with Gasteiger partial charge in [0.1, 0.15) is 0 Å². The summed E-state index contributed by atoms with van der Waals surface area (Å²) < 4.78 is 0. The van der Waals surface area contributed by atoms with E-state index in [0.717, 1.165) is 39.1 Å². The molecule has 1 amide bonds. The molecule has 0 bridgehead atoms. The maximum atomic E-state index is 13.0. The van der Waals surface area contributed by atoms with E-state index in [4.69, 9.17) is 11.6 Å². The van der Waals surface area contributed by atoms with Crippen LogP contribution in [0.25, 0.3) is 0 Å². The van der Waals surface area contributed by atoms with Gasteiger partial charge in [0.05, 0.1) is 17.3 Å². The van der Waals surface area contributed by atoms with Crippen LogP contribution in [0, 0.1) is 0 Å². The number of fused-ring (bicyclic) bond motifs is 2. The normalized spacial score (nSPS) is 16.4. The molecule has 1 aliphatic carbocycles. The Morgan fingerprint density at radius 3 is 2.09 bits per heavy atom. The number of carbonyl (C=O) groups is 3. The lowest BCUT2D eigenvalue weighted by Crippen LogP contribution is -2.36. The Morgan fingerprint density at radius 2 is 1.37 bits per heavy atom. The molecule has 0 aromatic heterocycles. The van der Waals surface area contributed by atoms with Gasteiger partial charge in [-0.15, -0.1) is 0 Å². The monoisotopic (exact) mass is 487 g/mol. The van der Waals surface area contributed by atoms with Crippen LogP contribution in [0.3, 0.4) is 0 Å². The average molecular weight is 488 g/mol. The highest BCUT2D eigenvalue weighted by Gasteiger charge is 2.30.